The lowest BCUT2D eigenvalue weighted by molar-refractivity contribution is 0.539. The summed E-state index contributed by atoms with van der Waals surface area (Å²) in [5, 5.41) is 0. The normalized spacial score (nSPS) is 10.9. The smallest absolute Gasteiger partial charge is 0.170 e. The molecule has 8 aromatic rings. The Morgan fingerprint density at radius 2 is 0.479 bits per heavy atom. The summed E-state index contributed by atoms with van der Waals surface area (Å²) in [6.07, 6.45) is 0. The van der Waals surface area contributed by atoms with Crippen molar-refractivity contribution in [3.8, 4) is 34.2 Å². The van der Waals surface area contributed by atoms with Gasteiger partial charge in [-0.3, -0.25) is 0 Å². The molecule has 2 aromatic heterocycles. The Labute approximate surface area is 280 Å². The van der Waals surface area contributed by atoms with Gasteiger partial charge in [-0.2, -0.15) is 0 Å². The second kappa shape index (κ2) is 13.1. The third-order valence-electron chi connectivity index (χ3n) is 8.33. The number of hydrogen-bond acceptors (Lipinski definition) is 4. The van der Waals surface area contributed by atoms with Crippen LogP contribution in [-0.2, 0) is 0 Å². The van der Waals surface area contributed by atoms with Gasteiger partial charge in [0.15, 0.2) is 11.5 Å². The summed E-state index contributed by atoms with van der Waals surface area (Å²) in [6.45, 7) is 0. The van der Waals surface area contributed by atoms with E-state index in [4.69, 9.17) is 8.83 Å². The van der Waals surface area contributed by atoms with Crippen molar-refractivity contribution in [1.29, 1.82) is 0 Å². The molecule has 6 aromatic carbocycles. The van der Waals surface area contributed by atoms with Crippen molar-refractivity contribution < 1.29 is 8.83 Å². The Kier molecular flexibility index (Phi) is 7.87. The molecule has 8 rings (SSSR count). The molecular weight excluding hydrogens is 588 g/mol. The van der Waals surface area contributed by atoms with Crippen molar-refractivity contribution in [2.24, 2.45) is 0 Å². The number of benzene rings is 6. The fourth-order valence-electron chi connectivity index (χ4n) is 6.00. The van der Waals surface area contributed by atoms with Crippen molar-refractivity contribution in [1.82, 2.24) is 0 Å². The summed E-state index contributed by atoms with van der Waals surface area (Å²) in [6, 6.07) is 66.4. The molecule has 0 bridgehead atoms. The largest absolute Gasteiger partial charge is 0.453 e. The lowest BCUT2D eigenvalue weighted by Gasteiger charge is -2.25. The highest BCUT2D eigenvalue weighted by molar-refractivity contribution is 5.79. The molecule has 0 aliphatic heterocycles. The van der Waals surface area contributed by atoms with E-state index in [-0.39, 0.29) is 0 Å². The molecule has 0 unspecified atom stereocenters. The summed E-state index contributed by atoms with van der Waals surface area (Å²) in [5.41, 5.74) is 8.54. The molecule has 0 saturated heterocycles. The summed E-state index contributed by atoms with van der Waals surface area (Å²) in [4.78, 5) is 4.49. The first-order chi connectivity index (χ1) is 23.8. The monoisotopic (exact) mass is 620 g/mol. The van der Waals surface area contributed by atoms with Gasteiger partial charge in [0, 0.05) is 45.3 Å². The molecule has 0 saturated carbocycles. The highest BCUT2D eigenvalue weighted by Crippen LogP contribution is 2.38. The van der Waals surface area contributed by atoms with Crippen LogP contribution in [0.1, 0.15) is 0 Å². The average Bonchev–Trinajstić information content (AvgIpc) is 3.86. The van der Waals surface area contributed by atoms with Gasteiger partial charge >= 0.3 is 0 Å². The molecule has 0 fully saturated rings. The van der Waals surface area contributed by atoms with E-state index in [0.29, 0.717) is 11.5 Å². The van der Waals surface area contributed by atoms with Crippen molar-refractivity contribution in [2.45, 2.75) is 0 Å². The molecule has 0 N–H and O–H groups in total. The highest BCUT2D eigenvalue weighted by atomic mass is 16.4. The number of para-hydroxylation sites is 4. The van der Waals surface area contributed by atoms with Gasteiger partial charge in [-0.1, -0.05) is 72.8 Å². The van der Waals surface area contributed by atoms with Gasteiger partial charge in [0.25, 0.3) is 0 Å². The molecule has 2 heterocycles. The standard InChI is InChI=1S/C44H32N2O2/c1-5-13-35(14-6-1)45(36-15-7-2-8-16-36)39-25-21-33(22-26-39)41-29-31-43(47-41)44-32-30-42(48-44)34-23-27-40(28-24-34)46(37-17-9-3-10-18-37)38-19-11-4-12-20-38/h1-32H. The van der Waals surface area contributed by atoms with Crippen molar-refractivity contribution >= 4 is 34.1 Å². The molecule has 230 valence electrons. The summed E-state index contributed by atoms with van der Waals surface area (Å²) in [7, 11) is 0. The summed E-state index contributed by atoms with van der Waals surface area (Å²) in [5.74, 6) is 2.94. The number of rotatable bonds is 9. The Morgan fingerprint density at radius 1 is 0.229 bits per heavy atom. The van der Waals surface area contributed by atoms with Crippen LogP contribution in [0.2, 0.25) is 0 Å². The van der Waals surface area contributed by atoms with E-state index in [0.717, 1.165) is 56.8 Å². The van der Waals surface area contributed by atoms with Gasteiger partial charge < -0.3 is 18.6 Å². The number of hydrogen-bond donors (Lipinski definition) is 0. The fraction of sp³-hybridized carbons (Fsp3) is 0. The maximum absolute atomic E-state index is 6.31. The van der Waals surface area contributed by atoms with Crippen LogP contribution >= 0.6 is 0 Å². The van der Waals surface area contributed by atoms with Crippen molar-refractivity contribution in [3.05, 3.63) is 194 Å². The number of anilines is 6. The number of nitrogens with zero attached hydrogens (tertiary/aromatic N) is 2. The topological polar surface area (TPSA) is 32.8 Å². The van der Waals surface area contributed by atoms with E-state index in [2.05, 4.69) is 155 Å². The first-order valence-corrected chi connectivity index (χ1v) is 16.0. The Bertz CT molecular complexity index is 1960. The zero-order valence-electron chi connectivity index (χ0n) is 26.2. The summed E-state index contributed by atoms with van der Waals surface area (Å²) < 4.78 is 12.6. The van der Waals surface area contributed by atoms with Gasteiger partial charge in [-0.05, 0) is 121 Å². The molecule has 0 radical (unpaired) electrons. The van der Waals surface area contributed by atoms with Gasteiger partial charge in [-0.25, -0.2) is 0 Å². The Hall–Kier alpha value is -6.52. The van der Waals surface area contributed by atoms with E-state index >= 15 is 0 Å². The van der Waals surface area contributed by atoms with Crippen LogP contribution < -0.4 is 9.80 Å². The minimum absolute atomic E-state index is 0.687. The van der Waals surface area contributed by atoms with Crippen LogP contribution in [-0.4, -0.2) is 0 Å². The molecule has 48 heavy (non-hydrogen) atoms. The molecule has 0 atom stereocenters. The molecule has 0 amide bonds. The minimum atomic E-state index is 0.687. The van der Waals surface area contributed by atoms with Crippen molar-refractivity contribution in [2.75, 3.05) is 9.80 Å². The first-order valence-electron chi connectivity index (χ1n) is 16.0. The zero-order chi connectivity index (χ0) is 32.1. The maximum Gasteiger partial charge on any atom is 0.170 e. The minimum Gasteiger partial charge on any atom is -0.453 e. The lowest BCUT2D eigenvalue weighted by Crippen LogP contribution is -2.09. The van der Waals surface area contributed by atoms with E-state index in [1.807, 2.05) is 48.5 Å². The van der Waals surface area contributed by atoms with E-state index in [1.54, 1.807) is 0 Å². The average molecular weight is 621 g/mol. The van der Waals surface area contributed by atoms with E-state index in [9.17, 15) is 0 Å². The van der Waals surface area contributed by atoms with E-state index < -0.39 is 0 Å². The SMILES string of the molecule is c1ccc(N(c2ccccc2)c2ccc(-c3ccc(-c4ccc(-c5ccc(N(c6ccccc6)c6ccccc6)cc5)o4)o3)cc2)cc1. The molecule has 4 heteroatoms. The third-order valence-corrected chi connectivity index (χ3v) is 8.33. The third kappa shape index (κ3) is 5.91. The first kappa shape index (κ1) is 28.9. The van der Waals surface area contributed by atoms with Crippen LogP contribution in [0.4, 0.5) is 34.1 Å². The molecule has 0 spiro atoms. The predicted octanol–water partition coefficient (Wildman–Crippen LogP) is 12.8. The maximum atomic E-state index is 6.31. The predicted molar refractivity (Wildman–Crippen MR) is 197 cm³/mol. The van der Waals surface area contributed by atoms with Crippen LogP contribution in [0.25, 0.3) is 34.2 Å². The van der Waals surface area contributed by atoms with Gasteiger partial charge in [-0.15, -0.1) is 0 Å². The second-order valence-electron chi connectivity index (χ2n) is 11.4. The van der Waals surface area contributed by atoms with Crippen LogP contribution in [0.5, 0.6) is 0 Å². The van der Waals surface area contributed by atoms with Gasteiger partial charge in [0.05, 0.1) is 0 Å². The van der Waals surface area contributed by atoms with E-state index in [1.165, 1.54) is 0 Å². The quantitative estimate of drug-likeness (QED) is 0.161. The van der Waals surface area contributed by atoms with Crippen LogP contribution in [0.3, 0.4) is 0 Å². The molecule has 0 aliphatic rings. The van der Waals surface area contributed by atoms with Gasteiger partial charge in [0.2, 0.25) is 0 Å². The second-order valence-corrected chi connectivity index (χ2v) is 11.4. The summed E-state index contributed by atoms with van der Waals surface area (Å²) >= 11 is 0. The zero-order valence-corrected chi connectivity index (χ0v) is 26.2. The molecular formula is C44H32N2O2. The Morgan fingerprint density at radius 3 is 0.771 bits per heavy atom. The fourth-order valence-corrected chi connectivity index (χ4v) is 6.00. The highest BCUT2D eigenvalue weighted by Gasteiger charge is 2.16. The van der Waals surface area contributed by atoms with Crippen LogP contribution in [0, 0.1) is 0 Å². The number of furan rings is 2. The Balaban J connectivity index is 1.02. The van der Waals surface area contributed by atoms with Gasteiger partial charge in [0.1, 0.15) is 11.5 Å². The van der Waals surface area contributed by atoms with Crippen molar-refractivity contribution in [3.63, 3.8) is 0 Å². The molecule has 4 nitrogen and oxygen atoms in total. The lowest BCUT2D eigenvalue weighted by atomic mass is 10.1. The van der Waals surface area contributed by atoms with Crippen LogP contribution in [0.15, 0.2) is 203 Å². The molecule has 0 aliphatic carbocycles.